The monoisotopic (exact) mass is 268 g/mol. The summed E-state index contributed by atoms with van der Waals surface area (Å²) in [5.41, 5.74) is 12.6. The van der Waals surface area contributed by atoms with E-state index in [-0.39, 0.29) is 6.04 Å². The first kappa shape index (κ1) is 14.7. The van der Waals surface area contributed by atoms with E-state index >= 15 is 0 Å². The lowest BCUT2D eigenvalue weighted by molar-refractivity contribution is 0.653. The topological polar surface area (TPSA) is 38.9 Å². The number of pyridine rings is 1. The number of aryl methyl sites for hydroxylation is 3. The van der Waals surface area contributed by atoms with Crippen LogP contribution in [0.5, 0.6) is 0 Å². The van der Waals surface area contributed by atoms with E-state index in [0.29, 0.717) is 0 Å². The molecule has 0 radical (unpaired) electrons. The van der Waals surface area contributed by atoms with Crippen LogP contribution in [0.15, 0.2) is 36.5 Å². The van der Waals surface area contributed by atoms with Crippen molar-refractivity contribution in [2.75, 3.05) is 0 Å². The fourth-order valence-corrected chi connectivity index (χ4v) is 2.36. The Kier molecular flexibility index (Phi) is 4.91. The van der Waals surface area contributed by atoms with Crippen LogP contribution in [0.1, 0.15) is 34.9 Å². The molecule has 0 aliphatic carbocycles. The van der Waals surface area contributed by atoms with Gasteiger partial charge in [-0.15, -0.1) is 0 Å². The van der Waals surface area contributed by atoms with Gasteiger partial charge in [0.1, 0.15) is 0 Å². The van der Waals surface area contributed by atoms with Crippen molar-refractivity contribution in [1.29, 1.82) is 0 Å². The Labute approximate surface area is 122 Å². The van der Waals surface area contributed by atoms with Crippen molar-refractivity contribution >= 4 is 0 Å². The third kappa shape index (κ3) is 3.91. The van der Waals surface area contributed by atoms with Crippen molar-refractivity contribution in [3.63, 3.8) is 0 Å². The zero-order chi connectivity index (χ0) is 14.5. The van der Waals surface area contributed by atoms with Crippen LogP contribution >= 0.6 is 0 Å². The molecule has 0 saturated heterocycles. The number of benzene rings is 1. The summed E-state index contributed by atoms with van der Waals surface area (Å²) in [6.45, 7) is 6.43. The molecule has 0 amide bonds. The Morgan fingerprint density at radius 2 is 1.75 bits per heavy atom. The summed E-state index contributed by atoms with van der Waals surface area (Å²) >= 11 is 0. The van der Waals surface area contributed by atoms with E-state index in [4.69, 9.17) is 5.73 Å². The van der Waals surface area contributed by atoms with Gasteiger partial charge in [0, 0.05) is 24.4 Å². The van der Waals surface area contributed by atoms with Crippen molar-refractivity contribution in [1.82, 2.24) is 4.98 Å². The SMILES string of the molecule is CCc1ccc(CC(N)Cc2ccc(C)c(C)c2)nc1. The Balaban J connectivity index is 1.97. The molecule has 1 unspecified atom stereocenters. The molecule has 0 spiro atoms. The van der Waals surface area contributed by atoms with Gasteiger partial charge in [-0.3, -0.25) is 4.98 Å². The van der Waals surface area contributed by atoms with E-state index in [1.54, 1.807) is 0 Å². The maximum Gasteiger partial charge on any atom is 0.0419 e. The Morgan fingerprint density at radius 3 is 2.35 bits per heavy atom. The van der Waals surface area contributed by atoms with Gasteiger partial charge in [-0.05, 0) is 55.0 Å². The fraction of sp³-hybridized carbons (Fsp3) is 0.389. The summed E-state index contributed by atoms with van der Waals surface area (Å²) in [5, 5.41) is 0. The number of nitrogens with zero attached hydrogens (tertiary/aromatic N) is 1. The second kappa shape index (κ2) is 6.67. The molecule has 1 atom stereocenters. The number of rotatable bonds is 5. The van der Waals surface area contributed by atoms with Crippen LogP contribution < -0.4 is 5.73 Å². The first-order valence-corrected chi connectivity index (χ1v) is 7.34. The van der Waals surface area contributed by atoms with E-state index in [0.717, 1.165) is 25.0 Å². The average molecular weight is 268 g/mol. The molecule has 2 N–H and O–H groups in total. The Bertz CT molecular complexity index is 558. The molecule has 1 heterocycles. The molecular formula is C18H24N2. The van der Waals surface area contributed by atoms with Crippen molar-refractivity contribution in [3.8, 4) is 0 Å². The van der Waals surface area contributed by atoms with E-state index in [1.165, 1.54) is 22.3 Å². The predicted octanol–water partition coefficient (Wildman–Crippen LogP) is 3.37. The molecular weight excluding hydrogens is 244 g/mol. The molecule has 2 aromatic rings. The van der Waals surface area contributed by atoms with Gasteiger partial charge in [0.05, 0.1) is 0 Å². The number of hydrogen-bond donors (Lipinski definition) is 1. The van der Waals surface area contributed by atoms with Crippen molar-refractivity contribution in [2.24, 2.45) is 5.73 Å². The fourth-order valence-electron chi connectivity index (χ4n) is 2.36. The molecule has 1 aromatic heterocycles. The Hall–Kier alpha value is -1.67. The minimum Gasteiger partial charge on any atom is -0.327 e. The summed E-state index contributed by atoms with van der Waals surface area (Å²) in [4.78, 5) is 4.48. The molecule has 0 aliphatic rings. The minimum atomic E-state index is 0.122. The highest BCUT2D eigenvalue weighted by Crippen LogP contribution is 2.12. The van der Waals surface area contributed by atoms with E-state index < -0.39 is 0 Å². The third-order valence-electron chi connectivity index (χ3n) is 3.83. The average Bonchev–Trinajstić information content (AvgIpc) is 2.44. The quantitative estimate of drug-likeness (QED) is 0.903. The molecule has 1 aromatic carbocycles. The molecule has 106 valence electrons. The van der Waals surface area contributed by atoms with Gasteiger partial charge in [-0.1, -0.05) is 31.2 Å². The zero-order valence-corrected chi connectivity index (χ0v) is 12.7. The maximum absolute atomic E-state index is 6.26. The molecule has 2 nitrogen and oxygen atoms in total. The first-order valence-electron chi connectivity index (χ1n) is 7.34. The van der Waals surface area contributed by atoms with Crippen LogP contribution in [0.2, 0.25) is 0 Å². The summed E-state index contributed by atoms with van der Waals surface area (Å²) in [6, 6.07) is 11.0. The largest absolute Gasteiger partial charge is 0.327 e. The van der Waals surface area contributed by atoms with Gasteiger partial charge in [0.15, 0.2) is 0 Å². The van der Waals surface area contributed by atoms with Gasteiger partial charge >= 0.3 is 0 Å². The molecule has 0 aliphatic heterocycles. The molecule has 2 rings (SSSR count). The summed E-state index contributed by atoms with van der Waals surface area (Å²) < 4.78 is 0. The smallest absolute Gasteiger partial charge is 0.0419 e. The predicted molar refractivity (Wildman–Crippen MR) is 84.9 cm³/mol. The number of hydrogen-bond acceptors (Lipinski definition) is 2. The minimum absolute atomic E-state index is 0.122. The summed E-state index contributed by atoms with van der Waals surface area (Å²) in [5.74, 6) is 0. The van der Waals surface area contributed by atoms with Crippen molar-refractivity contribution in [3.05, 3.63) is 64.5 Å². The third-order valence-corrected chi connectivity index (χ3v) is 3.83. The van der Waals surface area contributed by atoms with Crippen molar-refractivity contribution in [2.45, 2.75) is 46.1 Å². The highest BCUT2D eigenvalue weighted by Gasteiger charge is 2.07. The van der Waals surface area contributed by atoms with Crippen LogP contribution in [-0.2, 0) is 19.3 Å². The molecule has 0 bridgehead atoms. The van der Waals surface area contributed by atoms with E-state index in [9.17, 15) is 0 Å². The lowest BCUT2D eigenvalue weighted by Gasteiger charge is -2.12. The summed E-state index contributed by atoms with van der Waals surface area (Å²) in [7, 11) is 0. The standard InChI is InChI=1S/C18H24N2/c1-4-15-7-8-18(20-12-15)11-17(19)10-16-6-5-13(2)14(3)9-16/h5-9,12,17H,4,10-11,19H2,1-3H3. The van der Waals surface area contributed by atoms with E-state index in [1.807, 2.05) is 6.20 Å². The second-order valence-corrected chi connectivity index (χ2v) is 5.60. The van der Waals surface area contributed by atoms with Crippen LogP contribution in [-0.4, -0.2) is 11.0 Å². The summed E-state index contributed by atoms with van der Waals surface area (Å²) in [6.07, 6.45) is 4.72. The Morgan fingerprint density at radius 1 is 1.00 bits per heavy atom. The molecule has 20 heavy (non-hydrogen) atoms. The highest BCUT2D eigenvalue weighted by atomic mass is 14.7. The number of aromatic nitrogens is 1. The van der Waals surface area contributed by atoms with Gasteiger partial charge < -0.3 is 5.73 Å². The zero-order valence-electron chi connectivity index (χ0n) is 12.7. The van der Waals surface area contributed by atoms with Crippen LogP contribution in [0.3, 0.4) is 0 Å². The van der Waals surface area contributed by atoms with Gasteiger partial charge in [-0.25, -0.2) is 0 Å². The van der Waals surface area contributed by atoms with Crippen LogP contribution in [0.25, 0.3) is 0 Å². The molecule has 2 heteroatoms. The molecule has 0 saturated carbocycles. The first-order chi connectivity index (χ1) is 9.58. The molecule has 0 fully saturated rings. The van der Waals surface area contributed by atoms with Gasteiger partial charge in [0.25, 0.3) is 0 Å². The van der Waals surface area contributed by atoms with Crippen LogP contribution in [0.4, 0.5) is 0 Å². The lowest BCUT2D eigenvalue weighted by Crippen LogP contribution is -2.26. The second-order valence-electron chi connectivity index (χ2n) is 5.60. The normalized spacial score (nSPS) is 12.4. The highest BCUT2D eigenvalue weighted by molar-refractivity contribution is 5.30. The van der Waals surface area contributed by atoms with Gasteiger partial charge in [-0.2, -0.15) is 0 Å². The maximum atomic E-state index is 6.26. The number of nitrogens with two attached hydrogens (primary N) is 1. The van der Waals surface area contributed by atoms with Gasteiger partial charge in [0.2, 0.25) is 0 Å². The van der Waals surface area contributed by atoms with Crippen molar-refractivity contribution < 1.29 is 0 Å². The lowest BCUT2D eigenvalue weighted by atomic mass is 9.99. The van der Waals surface area contributed by atoms with E-state index in [2.05, 4.69) is 56.1 Å². The van der Waals surface area contributed by atoms with Crippen LogP contribution in [0, 0.1) is 13.8 Å².